The molecule has 0 aliphatic carbocycles. The fourth-order valence-electron chi connectivity index (χ4n) is 2.61. The zero-order chi connectivity index (χ0) is 16.9. The van der Waals surface area contributed by atoms with Crippen LogP contribution >= 0.6 is 24.0 Å². The van der Waals surface area contributed by atoms with Gasteiger partial charge in [-0.15, -0.1) is 24.0 Å². The van der Waals surface area contributed by atoms with Crippen LogP contribution in [0.4, 0.5) is 0 Å². The van der Waals surface area contributed by atoms with E-state index < -0.39 is 9.84 Å². The van der Waals surface area contributed by atoms with E-state index in [0.29, 0.717) is 18.9 Å². The summed E-state index contributed by atoms with van der Waals surface area (Å²) in [5.41, 5.74) is 2.44. The van der Waals surface area contributed by atoms with Crippen LogP contribution < -0.4 is 10.6 Å². The molecule has 1 atom stereocenters. The molecule has 1 saturated heterocycles. The molecule has 2 rings (SSSR count). The highest BCUT2D eigenvalue weighted by Gasteiger charge is 2.28. The summed E-state index contributed by atoms with van der Waals surface area (Å²) < 4.78 is 23.0. The van der Waals surface area contributed by atoms with Gasteiger partial charge in [0.05, 0.1) is 11.5 Å². The van der Waals surface area contributed by atoms with Crippen LogP contribution in [0, 0.1) is 0 Å². The van der Waals surface area contributed by atoms with E-state index in [1.54, 1.807) is 7.05 Å². The molecule has 2 N–H and O–H groups in total. The van der Waals surface area contributed by atoms with Crippen LogP contribution in [-0.4, -0.2) is 58.0 Å². The summed E-state index contributed by atoms with van der Waals surface area (Å²) in [4.78, 5) is 6.30. The van der Waals surface area contributed by atoms with Crippen LogP contribution in [0.3, 0.4) is 0 Å². The number of sulfone groups is 1. The van der Waals surface area contributed by atoms with Crippen molar-refractivity contribution in [2.75, 3.05) is 32.6 Å². The average molecular weight is 466 g/mol. The summed E-state index contributed by atoms with van der Waals surface area (Å²) in [6.07, 6.45) is 0.641. The highest BCUT2D eigenvalue weighted by Crippen LogP contribution is 2.11. The summed E-state index contributed by atoms with van der Waals surface area (Å²) in [6, 6.07) is 8.39. The third kappa shape index (κ3) is 6.94. The van der Waals surface area contributed by atoms with Gasteiger partial charge in [-0.2, -0.15) is 0 Å². The second-order valence-corrected chi connectivity index (χ2v) is 8.45. The molecule has 1 aliphatic heterocycles. The van der Waals surface area contributed by atoms with Crippen molar-refractivity contribution in [2.24, 2.45) is 4.99 Å². The van der Waals surface area contributed by atoms with E-state index >= 15 is 0 Å². The van der Waals surface area contributed by atoms with Crippen LogP contribution in [-0.2, 0) is 22.9 Å². The third-order valence-corrected chi connectivity index (χ3v) is 5.55. The molecule has 6 nitrogen and oxygen atoms in total. The maximum Gasteiger partial charge on any atom is 0.191 e. The van der Waals surface area contributed by atoms with Gasteiger partial charge in [-0.05, 0) is 31.6 Å². The fourth-order valence-corrected chi connectivity index (χ4v) is 4.28. The van der Waals surface area contributed by atoms with Crippen molar-refractivity contribution in [3.63, 3.8) is 0 Å². The normalized spacial score (nSPS) is 19.8. The zero-order valence-electron chi connectivity index (χ0n) is 14.4. The van der Waals surface area contributed by atoms with Gasteiger partial charge in [0.25, 0.3) is 0 Å². The molecule has 1 unspecified atom stereocenters. The van der Waals surface area contributed by atoms with Crippen molar-refractivity contribution >= 4 is 39.8 Å². The van der Waals surface area contributed by atoms with Gasteiger partial charge in [0.2, 0.25) is 0 Å². The lowest BCUT2D eigenvalue weighted by Crippen LogP contribution is -2.43. The molecule has 24 heavy (non-hydrogen) atoms. The minimum absolute atomic E-state index is 0. The molecule has 136 valence electrons. The van der Waals surface area contributed by atoms with E-state index in [1.807, 2.05) is 14.1 Å². The Morgan fingerprint density at radius 1 is 1.25 bits per heavy atom. The number of nitrogens with zero attached hydrogens (tertiary/aromatic N) is 2. The van der Waals surface area contributed by atoms with Crippen molar-refractivity contribution in [1.29, 1.82) is 0 Å². The van der Waals surface area contributed by atoms with E-state index in [1.165, 1.54) is 5.56 Å². The number of rotatable bonds is 5. The Bertz CT molecular complexity index is 645. The Kier molecular flexibility index (Phi) is 8.44. The first-order chi connectivity index (χ1) is 10.9. The Labute approximate surface area is 162 Å². The minimum Gasteiger partial charge on any atom is -0.353 e. The van der Waals surface area contributed by atoms with E-state index in [0.717, 1.165) is 12.1 Å². The predicted octanol–water partition coefficient (Wildman–Crippen LogP) is 1.22. The first kappa shape index (κ1) is 21.2. The number of hydrogen-bond acceptors (Lipinski definition) is 4. The fraction of sp³-hybridized carbons (Fsp3) is 0.562. The molecule has 0 saturated carbocycles. The molecule has 1 fully saturated rings. The van der Waals surface area contributed by atoms with Gasteiger partial charge >= 0.3 is 0 Å². The first-order valence-corrected chi connectivity index (χ1v) is 9.60. The zero-order valence-corrected chi connectivity index (χ0v) is 17.6. The van der Waals surface area contributed by atoms with E-state index in [9.17, 15) is 8.42 Å². The quantitative estimate of drug-likeness (QED) is 0.388. The molecule has 0 bridgehead atoms. The number of nitrogens with one attached hydrogen (secondary N) is 2. The van der Waals surface area contributed by atoms with Crippen molar-refractivity contribution in [1.82, 2.24) is 15.5 Å². The third-order valence-electron chi connectivity index (χ3n) is 3.78. The number of hydrogen-bond donors (Lipinski definition) is 2. The molecular weight excluding hydrogens is 439 g/mol. The molecule has 1 aliphatic rings. The summed E-state index contributed by atoms with van der Waals surface area (Å²) in [6.45, 7) is 1.58. The Balaban J connectivity index is 0.00000288. The van der Waals surface area contributed by atoms with Crippen LogP contribution in [0.5, 0.6) is 0 Å². The number of halogens is 1. The lowest BCUT2D eigenvalue weighted by Gasteiger charge is -2.16. The number of aliphatic imine (C=N–C) groups is 1. The van der Waals surface area contributed by atoms with Gasteiger partial charge in [-0.3, -0.25) is 4.99 Å². The van der Waals surface area contributed by atoms with Crippen molar-refractivity contribution in [2.45, 2.75) is 25.6 Å². The summed E-state index contributed by atoms with van der Waals surface area (Å²) in [5.74, 6) is 1.09. The molecule has 0 spiro atoms. The molecule has 1 aromatic rings. The van der Waals surface area contributed by atoms with Gasteiger partial charge in [-0.25, -0.2) is 8.42 Å². The van der Waals surface area contributed by atoms with Gasteiger partial charge in [0.1, 0.15) is 0 Å². The summed E-state index contributed by atoms with van der Waals surface area (Å²) in [7, 11) is 2.91. The second kappa shape index (κ2) is 9.57. The Morgan fingerprint density at radius 2 is 1.88 bits per heavy atom. The van der Waals surface area contributed by atoms with Gasteiger partial charge in [-0.1, -0.05) is 24.3 Å². The maximum absolute atomic E-state index is 11.5. The van der Waals surface area contributed by atoms with E-state index in [-0.39, 0.29) is 41.5 Å². The predicted molar refractivity (Wildman–Crippen MR) is 110 cm³/mol. The van der Waals surface area contributed by atoms with Gasteiger partial charge in [0, 0.05) is 26.2 Å². The molecule has 1 aromatic carbocycles. The number of benzene rings is 1. The van der Waals surface area contributed by atoms with Gasteiger partial charge < -0.3 is 15.5 Å². The molecule has 0 aromatic heterocycles. The SMILES string of the molecule is CN=C(NCc1ccc(CN(C)C)cc1)NC1CCS(=O)(=O)C1.I. The number of guanidine groups is 1. The van der Waals surface area contributed by atoms with Crippen LogP contribution in [0.25, 0.3) is 0 Å². The molecule has 8 heteroatoms. The largest absolute Gasteiger partial charge is 0.353 e. The minimum atomic E-state index is -2.88. The topological polar surface area (TPSA) is 73.8 Å². The summed E-state index contributed by atoms with van der Waals surface area (Å²) >= 11 is 0. The molecule has 1 heterocycles. The Hall–Kier alpha value is -0.870. The maximum atomic E-state index is 11.5. The summed E-state index contributed by atoms with van der Waals surface area (Å²) in [5, 5.41) is 6.42. The Morgan fingerprint density at radius 3 is 2.38 bits per heavy atom. The lowest BCUT2D eigenvalue weighted by molar-refractivity contribution is 0.402. The lowest BCUT2D eigenvalue weighted by atomic mass is 10.1. The monoisotopic (exact) mass is 466 g/mol. The standard InChI is InChI=1S/C16H26N4O2S.HI/c1-17-16(19-15-8-9-23(21,22)12-15)18-10-13-4-6-14(7-5-13)11-20(2)3;/h4-7,15H,8-12H2,1-3H3,(H2,17,18,19);1H. The highest BCUT2D eigenvalue weighted by atomic mass is 127. The van der Waals surface area contributed by atoms with Crippen molar-refractivity contribution < 1.29 is 8.42 Å². The van der Waals surface area contributed by atoms with Crippen LogP contribution in [0.2, 0.25) is 0 Å². The van der Waals surface area contributed by atoms with Crippen molar-refractivity contribution in [3.05, 3.63) is 35.4 Å². The van der Waals surface area contributed by atoms with E-state index in [4.69, 9.17) is 0 Å². The van der Waals surface area contributed by atoms with Crippen molar-refractivity contribution in [3.8, 4) is 0 Å². The molecule has 0 radical (unpaired) electrons. The molecule has 0 amide bonds. The van der Waals surface area contributed by atoms with Gasteiger partial charge in [0.15, 0.2) is 15.8 Å². The average Bonchev–Trinajstić information content (AvgIpc) is 2.83. The van der Waals surface area contributed by atoms with E-state index in [2.05, 4.69) is 44.8 Å². The smallest absolute Gasteiger partial charge is 0.191 e. The first-order valence-electron chi connectivity index (χ1n) is 7.78. The highest BCUT2D eigenvalue weighted by molar-refractivity contribution is 14.0. The molecular formula is C16H27IN4O2S. The van der Waals surface area contributed by atoms with Crippen LogP contribution in [0.15, 0.2) is 29.3 Å². The second-order valence-electron chi connectivity index (χ2n) is 6.22. The van der Waals surface area contributed by atoms with Crippen LogP contribution in [0.1, 0.15) is 17.5 Å².